The Bertz CT molecular complexity index is 569. The summed E-state index contributed by atoms with van der Waals surface area (Å²) in [5, 5.41) is 9.85. The van der Waals surface area contributed by atoms with E-state index in [1.165, 1.54) is 35.9 Å². The minimum Gasteiger partial charge on any atom is -0.314 e. The molecule has 108 valence electrons. The number of fused-ring (bicyclic) bond motifs is 1. The van der Waals surface area contributed by atoms with Gasteiger partial charge in [0.2, 0.25) is 0 Å². The third-order valence-electron chi connectivity index (χ3n) is 4.63. The van der Waals surface area contributed by atoms with Crippen molar-refractivity contribution >= 4 is 10.9 Å². The summed E-state index contributed by atoms with van der Waals surface area (Å²) in [7, 11) is 0. The van der Waals surface area contributed by atoms with Gasteiger partial charge in [0, 0.05) is 24.4 Å². The highest BCUT2D eigenvalue weighted by Gasteiger charge is 2.28. The average Bonchev–Trinajstić information content (AvgIpc) is 2.76. The van der Waals surface area contributed by atoms with Crippen molar-refractivity contribution in [2.45, 2.75) is 52.1 Å². The number of nitrogens with one attached hydrogen (secondary N) is 1. The second-order valence-corrected chi connectivity index (χ2v) is 5.84. The van der Waals surface area contributed by atoms with Crippen LogP contribution >= 0.6 is 0 Å². The molecule has 0 amide bonds. The lowest BCUT2D eigenvalue weighted by Gasteiger charge is -2.34. The number of likely N-dealkylation sites (N-methyl/N-ethyl adjacent to an activating group) is 1. The molecule has 0 saturated heterocycles. The fraction of sp³-hybridized carbons (Fsp3) is 0.588. The van der Waals surface area contributed by atoms with Gasteiger partial charge in [0.25, 0.3) is 0 Å². The normalized spacial score (nSPS) is 17.3. The third kappa shape index (κ3) is 2.47. The lowest BCUT2D eigenvalue weighted by molar-refractivity contribution is 0.228. The summed E-state index contributed by atoms with van der Waals surface area (Å²) in [5.41, 5.74) is 2.54. The van der Waals surface area contributed by atoms with Crippen molar-refractivity contribution in [2.75, 3.05) is 6.54 Å². The van der Waals surface area contributed by atoms with E-state index in [2.05, 4.69) is 48.1 Å². The van der Waals surface area contributed by atoms with Crippen LogP contribution in [0.25, 0.3) is 10.9 Å². The molecule has 1 N–H and O–H groups in total. The van der Waals surface area contributed by atoms with Crippen molar-refractivity contribution < 1.29 is 0 Å². The minimum absolute atomic E-state index is 0.595. The van der Waals surface area contributed by atoms with Gasteiger partial charge in [0.15, 0.2) is 0 Å². The van der Waals surface area contributed by atoms with E-state index in [4.69, 9.17) is 5.10 Å². The number of aromatic nitrogens is 2. The number of hydrogen-bond donors (Lipinski definition) is 1. The van der Waals surface area contributed by atoms with Crippen LogP contribution in [0.2, 0.25) is 0 Å². The van der Waals surface area contributed by atoms with Gasteiger partial charge < -0.3 is 5.32 Å². The Hall–Kier alpha value is -1.35. The van der Waals surface area contributed by atoms with Crippen LogP contribution in [0.15, 0.2) is 24.3 Å². The van der Waals surface area contributed by atoms with Crippen LogP contribution < -0.4 is 5.32 Å². The van der Waals surface area contributed by atoms with E-state index >= 15 is 0 Å². The minimum atomic E-state index is 0.595. The molecule has 1 heterocycles. The lowest BCUT2D eigenvalue weighted by Crippen LogP contribution is -2.41. The van der Waals surface area contributed by atoms with Gasteiger partial charge in [0.05, 0.1) is 11.2 Å². The molecule has 1 fully saturated rings. The predicted molar refractivity (Wildman–Crippen MR) is 83.9 cm³/mol. The molecule has 0 bridgehead atoms. The van der Waals surface area contributed by atoms with Gasteiger partial charge in [-0.25, -0.2) is 0 Å². The molecule has 1 aliphatic carbocycles. The summed E-state index contributed by atoms with van der Waals surface area (Å²) in [6.07, 6.45) is 5.22. The largest absolute Gasteiger partial charge is 0.314 e. The molecule has 1 aromatic heterocycles. The summed E-state index contributed by atoms with van der Waals surface area (Å²) in [6.45, 7) is 6.36. The Morgan fingerprint density at radius 3 is 2.75 bits per heavy atom. The Balaban J connectivity index is 1.88. The maximum absolute atomic E-state index is 4.85. The van der Waals surface area contributed by atoms with E-state index in [0.29, 0.717) is 6.04 Å². The van der Waals surface area contributed by atoms with Gasteiger partial charge in [-0.3, -0.25) is 4.68 Å². The van der Waals surface area contributed by atoms with E-state index in [1.54, 1.807) is 0 Å². The molecule has 2 aromatic rings. The molecular weight excluding hydrogens is 246 g/mol. The predicted octanol–water partition coefficient (Wildman–Crippen LogP) is 3.38. The van der Waals surface area contributed by atoms with E-state index in [0.717, 1.165) is 25.4 Å². The lowest BCUT2D eigenvalue weighted by atomic mass is 9.78. The first-order chi connectivity index (χ1) is 9.83. The molecule has 1 unspecified atom stereocenters. The molecule has 1 aromatic carbocycles. The number of hydrogen-bond acceptors (Lipinski definition) is 2. The van der Waals surface area contributed by atoms with Crippen LogP contribution in [0.1, 0.15) is 38.8 Å². The molecular formula is C17H25N3. The topological polar surface area (TPSA) is 29.9 Å². The summed E-state index contributed by atoms with van der Waals surface area (Å²) in [5.74, 6) is 0.848. The molecule has 3 heteroatoms. The first-order valence-corrected chi connectivity index (χ1v) is 8.01. The van der Waals surface area contributed by atoms with Crippen molar-refractivity contribution in [2.24, 2.45) is 5.92 Å². The first-order valence-electron chi connectivity index (χ1n) is 8.01. The molecule has 20 heavy (non-hydrogen) atoms. The zero-order valence-corrected chi connectivity index (χ0v) is 12.6. The Morgan fingerprint density at radius 2 is 2.10 bits per heavy atom. The van der Waals surface area contributed by atoms with Gasteiger partial charge in [0.1, 0.15) is 0 Å². The summed E-state index contributed by atoms with van der Waals surface area (Å²) < 4.78 is 2.13. The highest BCUT2D eigenvalue weighted by molar-refractivity contribution is 5.82. The van der Waals surface area contributed by atoms with Crippen LogP contribution in [-0.2, 0) is 13.0 Å². The van der Waals surface area contributed by atoms with Crippen LogP contribution in [0.3, 0.4) is 0 Å². The quantitative estimate of drug-likeness (QED) is 0.873. The molecule has 1 saturated carbocycles. The van der Waals surface area contributed by atoms with Gasteiger partial charge in [-0.15, -0.1) is 0 Å². The summed E-state index contributed by atoms with van der Waals surface area (Å²) >= 11 is 0. The van der Waals surface area contributed by atoms with Crippen molar-refractivity contribution in [3.63, 3.8) is 0 Å². The molecule has 3 nitrogen and oxygen atoms in total. The Kier molecular flexibility index (Phi) is 4.06. The van der Waals surface area contributed by atoms with E-state index in [-0.39, 0.29) is 0 Å². The SMILES string of the molecule is CCNC(Cc1nn(CC)c2ccccc12)C1CCC1. The maximum atomic E-state index is 4.85. The van der Waals surface area contributed by atoms with Gasteiger partial charge >= 0.3 is 0 Å². The van der Waals surface area contributed by atoms with E-state index in [1.807, 2.05) is 0 Å². The fourth-order valence-electron chi connectivity index (χ4n) is 3.31. The van der Waals surface area contributed by atoms with Crippen LogP contribution in [0.4, 0.5) is 0 Å². The molecule has 0 radical (unpaired) electrons. The standard InChI is InChI=1S/C17H25N3/c1-3-18-15(13-8-7-9-13)12-16-14-10-5-6-11-17(14)20(4-2)19-16/h5-6,10-11,13,15,18H,3-4,7-9,12H2,1-2H3. The highest BCUT2D eigenvalue weighted by Crippen LogP contribution is 2.32. The van der Waals surface area contributed by atoms with Crippen LogP contribution in [0.5, 0.6) is 0 Å². The zero-order valence-electron chi connectivity index (χ0n) is 12.6. The number of rotatable bonds is 6. The van der Waals surface area contributed by atoms with E-state index in [9.17, 15) is 0 Å². The maximum Gasteiger partial charge on any atom is 0.0718 e. The van der Waals surface area contributed by atoms with Crippen LogP contribution in [0, 0.1) is 5.92 Å². The third-order valence-corrected chi connectivity index (χ3v) is 4.63. The van der Waals surface area contributed by atoms with Gasteiger partial charge in [-0.2, -0.15) is 5.10 Å². The second kappa shape index (κ2) is 5.96. The Morgan fingerprint density at radius 1 is 1.30 bits per heavy atom. The highest BCUT2D eigenvalue weighted by atomic mass is 15.3. The monoisotopic (exact) mass is 271 g/mol. The Labute approximate surface area is 121 Å². The number of para-hydroxylation sites is 1. The van der Waals surface area contributed by atoms with E-state index < -0.39 is 0 Å². The second-order valence-electron chi connectivity index (χ2n) is 5.84. The van der Waals surface area contributed by atoms with Crippen molar-refractivity contribution in [3.05, 3.63) is 30.0 Å². The summed E-state index contributed by atoms with van der Waals surface area (Å²) in [6, 6.07) is 9.22. The van der Waals surface area contributed by atoms with Crippen LogP contribution in [-0.4, -0.2) is 22.4 Å². The van der Waals surface area contributed by atoms with Crippen molar-refractivity contribution in [3.8, 4) is 0 Å². The average molecular weight is 271 g/mol. The molecule has 1 atom stereocenters. The smallest absolute Gasteiger partial charge is 0.0718 e. The molecule has 0 spiro atoms. The fourth-order valence-corrected chi connectivity index (χ4v) is 3.31. The number of benzene rings is 1. The molecule has 0 aliphatic heterocycles. The molecule has 3 rings (SSSR count). The zero-order chi connectivity index (χ0) is 13.9. The van der Waals surface area contributed by atoms with Crippen molar-refractivity contribution in [1.29, 1.82) is 0 Å². The summed E-state index contributed by atoms with van der Waals surface area (Å²) in [4.78, 5) is 0. The molecule has 1 aliphatic rings. The van der Waals surface area contributed by atoms with Gasteiger partial charge in [-0.1, -0.05) is 31.5 Å². The van der Waals surface area contributed by atoms with Gasteiger partial charge in [-0.05, 0) is 38.3 Å². The van der Waals surface area contributed by atoms with Crippen molar-refractivity contribution in [1.82, 2.24) is 15.1 Å². The first kappa shape index (κ1) is 13.6. The number of aryl methyl sites for hydroxylation is 1. The number of nitrogens with zero attached hydrogens (tertiary/aromatic N) is 2.